The van der Waals surface area contributed by atoms with Crippen molar-refractivity contribution in [3.05, 3.63) is 36.5 Å². The minimum atomic E-state index is -0.428. The van der Waals surface area contributed by atoms with Gasteiger partial charge in [0, 0.05) is 18.3 Å². The first-order valence-corrected chi connectivity index (χ1v) is 10.4. The van der Waals surface area contributed by atoms with Crippen LogP contribution in [0.5, 0.6) is 0 Å². The average molecular weight is 377 g/mol. The number of aliphatic hydroxyl groups is 1. The smallest absolute Gasteiger partial charge is 0.306 e. The Balaban J connectivity index is 2.33. The van der Waals surface area contributed by atoms with Gasteiger partial charge in [0.15, 0.2) is 5.78 Å². The Morgan fingerprint density at radius 3 is 2.74 bits per heavy atom. The number of aliphatic hydroxyl groups excluding tert-OH is 1. The predicted molar refractivity (Wildman–Crippen MR) is 109 cm³/mol. The molecule has 0 amide bonds. The van der Waals surface area contributed by atoms with Crippen molar-refractivity contribution in [1.82, 2.24) is 0 Å². The second-order valence-corrected chi connectivity index (χ2v) is 7.53. The molecule has 1 N–H and O–H groups in total. The lowest BCUT2D eigenvalue weighted by Crippen LogP contribution is -2.14. The largest absolute Gasteiger partial charge is 0.463 e. The first kappa shape index (κ1) is 23.4. The molecule has 27 heavy (non-hydrogen) atoms. The molecule has 1 aliphatic rings. The lowest BCUT2D eigenvalue weighted by Gasteiger charge is -2.13. The van der Waals surface area contributed by atoms with E-state index in [-0.39, 0.29) is 29.7 Å². The van der Waals surface area contributed by atoms with Crippen LogP contribution in [0.25, 0.3) is 0 Å². The van der Waals surface area contributed by atoms with Crippen LogP contribution in [0.4, 0.5) is 0 Å². The minimum Gasteiger partial charge on any atom is -0.463 e. The Morgan fingerprint density at radius 2 is 2.04 bits per heavy atom. The highest BCUT2D eigenvalue weighted by atomic mass is 16.5. The molecule has 0 fully saturated rings. The van der Waals surface area contributed by atoms with Crippen LogP contribution in [0.2, 0.25) is 0 Å². The summed E-state index contributed by atoms with van der Waals surface area (Å²) in [6, 6.07) is 0. The van der Waals surface area contributed by atoms with E-state index < -0.39 is 6.10 Å². The summed E-state index contributed by atoms with van der Waals surface area (Å²) >= 11 is 0. The number of hydrogen-bond acceptors (Lipinski definition) is 4. The van der Waals surface area contributed by atoms with Gasteiger partial charge >= 0.3 is 5.97 Å². The first-order chi connectivity index (χ1) is 12.9. The number of rotatable bonds is 13. The number of esters is 1. The SMILES string of the molecule is CCCCCC(O)/C=C/C1C=CC(=O)C1C/C=C\CCCC(=O)OC(C)C. The summed E-state index contributed by atoms with van der Waals surface area (Å²) < 4.78 is 5.10. The zero-order valence-corrected chi connectivity index (χ0v) is 17.1. The summed E-state index contributed by atoms with van der Waals surface area (Å²) in [5, 5.41) is 10.0. The molecule has 3 atom stereocenters. The van der Waals surface area contributed by atoms with Gasteiger partial charge in [-0.05, 0) is 45.6 Å². The Labute approximate surface area is 164 Å². The molecule has 0 saturated carbocycles. The summed E-state index contributed by atoms with van der Waals surface area (Å²) in [5.74, 6) is -0.0261. The number of carbonyl (C=O) groups excluding carboxylic acids is 2. The molecule has 4 nitrogen and oxygen atoms in total. The molecule has 1 aliphatic carbocycles. The van der Waals surface area contributed by atoms with Crippen LogP contribution in [0, 0.1) is 11.8 Å². The van der Waals surface area contributed by atoms with E-state index >= 15 is 0 Å². The number of unbranched alkanes of at least 4 members (excludes halogenated alkanes) is 3. The maximum atomic E-state index is 12.1. The summed E-state index contributed by atoms with van der Waals surface area (Å²) in [5.41, 5.74) is 0. The van der Waals surface area contributed by atoms with Gasteiger partial charge in [-0.1, -0.05) is 56.6 Å². The Morgan fingerprint density at radius 1 is 1.26 bits per heavy atom. The summed E-state index contributed by atoms with van der Waals surface area (Å²) in [7, 11) is 0. The summed E-state index contributed by atoms with van der Waals surface area (Å²) in [6.45, 7) is 5.84. The molecule has 4 heteroatoms. The van der Waals surface area contributed by atoms with Crippen molar-refractivity contribution in [3.8, 4) is 0 Å². The molecule has 0 aromatic carbocycles. The molecule has 152 valence electrons. The lowest BCUT2D eigenvalue weighted by molar-refractivity contribution is -0.147. The summed E-state index contributed by atoms with van der Waals surface area (Å²) in [6.07, 6.45) is 17.7. The highest BCUT2D eigenvalue weighted by Crippen LogP contribution is 2.27. The molecule has 0 aromatic rings. The Hall–Kier alpha value is -1.68. The molecular weight excluding hydrogens is 340 g/mol. The standard InChI is InChI=1S/C23H36O4/c1-4-5-8-11-20(24)16-14-19-15-17-22(25)21(19)12-9-6-7-10-13-23(26)27-18(2)3/h6,9,14-21,24H,4-5,7-8,10-13H2,1-3H3/b9-6-,16-14+. The van der Waals surface area contributed by atoms with E-state index in [1.54, 1.807) is 6.08 Å². The Bertz CT molecular complexity index is 530. The van der Waals surface area contributed by atoms with Crippen molar-refractivity contribution in [2.45, 2.75) is 84.3 Å². The first-order valence-electron chi connectivity index (χ1n) is 10.4. The normalized spacial score (nSPS) is 21.0. The zero-order chi connectivity index (χ0) is 20.1. The van der Waals surface area contributed by atoms with Crippen LogP contribution >= 0.6 is 0 Å². The van der Waals surface area contributed by atoms with Crippen LogP contribution in [-0.4, -0.2) is 29.1 Å². The monoisotopic (exact) mass is 376 g/mol. The number of ether oxygens (including phenoxy) is 1. The molecule has 0 saturated heterocycles. The molecule has 3 unspecified atom stereocenters. The van der Waals surface area contributed by atoms with Gasteiger partial charge in [-0.3, -0.25) is 9.59 Å². The van der Waals surface area contributed by atoms with Crippen LogP contribution in [0.3, 0.4) is 0 Å². The third kappa shape index (κ3) is 10.3. The van der Waals surface area contributed by atoms with Gasteiger partial charge in [-0.15, -0.1) is 0 Å². The molecule has 0 heterocycles. The van der Waals surface area contributed by atoms with Crippen LogP contribution in [-0.2, 0) is 14.3 Å². The third-order valence-corrected chi connectivity index (χ3v) is 4.65. The van der Waals surface area contributed by atoms with Gasteiger partial charge in [-0.25, -0.2) is 0 Å². The van der Waals surface area contributed by atoms with Gasteiger partial charge in [-0.2, -0.15) is 0 Å². The maximum Gasteiger partial charge on any atom is 0.306 e. The van der Waals surface area contributed by atoms with Crippen LogP contribution in [0.15, 0.2) is 36.5 Å². The average Bonchev–Trinajstić information content (AvgIpc) is 2.95. The maximum absolute atomic E-state index is 12.1. The van der Waals surface area contributed by atoms with Crippen molar-refractivity contribution in [2.75, 3.05) is 0 Å². The molecule has 0 aromatic heterocycles. The molecular formula is C23H36O4. The predicted octanol–water partition coefficient (Wildman–Crippen LogP) is 4.92. The van der Waals surface area contributed by atoms with E-state index in [0.717, 1.165) is 38.5 Å². The number of allylic oxidation sites excluding steroid dienone is 5. The van der Waals surface area contributed by atoms with Gasteiger partial charge < -0.3 is 9.84 Å². The van der Waals surface area contributed by atoms with Crippen LogP contribution < -0.4 is 0 Å². The highest BCUT2D eigenvalue weighted by molar-refractivity contribution is 5.95. The van der Waals surface area contributed by atoms with E-state index in [1.807, 2.05) is 44.2 Å². The quantitative estimate of drug-likeness (QED) is 0.281. The number of ketones is 1. The molecule has 0 bridgehead atoms. The van der Waals surface area contributed by atoms with Gasteiger partial charge in [0.1, 0.15) is 0 Å². The van der Waals surface area contributed by atoms with Crippen molar-refractivity contribution in [1.29, 1.82) is 0 Å². The molecule has 0 radical (unpaired) electrons. The van der Waals surface area contributed by atoms with Gasteiger partial charge in [0.25, 0.3) is 0 Å². The van der Waals surface area contributed by atoms with Gasteiger partial charge in [0.05, 0.1) is 12.2 Å². The van der Waals surface area contributed by atoms with E-state index in [4.69, 9.17) is 4.74 Å². The summed E-state index contributed by atoms with van der Waals surface area (Å²) in [4.78, 5) is 23.5. The Kier molecular flexibility index (Phi) is 11.7. The fraction of sp³-hybridized carbons (Fsp3) is 0.652. The van der Waals surface area contributed by atoms with E-state index in [2.05, 4.69) is 6.92 Å². The second kappa shape index (κ2) is 13.5. The van der Waals surface area contributed by atoms with Crippen molar-refractivity contribution < 1.29 is 19.4 Å². The zero-order valence-electron chi connectivity index (χ0n) is 17.1. The van der Waals surface area contributed by atoms with Crippen LogP contribution in [0.1, 0.15) is 72.1 Å². The fourth-order valence-electron chi connectivity index (χ4n) is 3.13. The van der Waals surface area contributed by atoms with E-state index in [1.165, 1.54) is 0 Å². The van der Waals surface area contributed by atoms with Crippen molar-refractivity contribution in [3.63, 3.8) is 0 Å². The second-order valence-electron chi connectivity index (χ2n) is 7.53. The fourth-order valence-corrected chi connectivity index (χ4v) is 3.13. The van der Waals surface area contributed by atoms with Crippen molar-refractivity contribution >= 4 is 11.8 Å². The third-order valence-electron chi connectivity index (χ3n) is 4.65. The van der Waals surface area contributed by atoms with Gasteiger partial charge in [0.2, 0.25) is 0 Å². The topological polar surface area (TPSA) is 63.6 Å². The number of hydrogen-bond donors (Lipinski definition) is 1. The number of carbonyl (C=O) groups is 2. The van der Waals surface area contributed by atoms with Crippen molar-refractivity contribution in [2.24, 2.45) is 11.8 Å². The lowest BCUT2D eigenvalue weighted by atomic mass is 9.90. The van der Waals surface area contributed by atoms with E-state index in [9.17, 15) is 14.7 Å². The molecule has 0 spiro atoms. The molecule has 1 rings (SSSR count). The van der Waals surface area contributed by atoms with E-state index in [0.29, 0.717) is 12.8 Å². The molecule has 0 aliphatic heterocycles. The highest BCUT2D eigenvalue weighted by Gasteiger charge is 2.27. The minimum absolute atomic E-state index is 0.0593.